The standard InChI is InChI=1S/C17H20N2O3/c1-12-10-14(13-4-2-3-5-15(13)18-12)16(21)19-17(11-20)6-8-22-9-7-17/h2-5,10,20H,6-9,11H2,1H3,(H,19,21). The topological polar surface area (TPSA) is 71.5 Å². The van der Waals surface area contributed by atoms with Crippen LogP contribution in [0.4, 0.5) is 0 Å². The number of rotatable bonds is 3. The van der Waals surface area contributed by atoms with Crippen LogP contribution in [0.5, 0.6) is 0 Å². The van der Waals surface area contributed by atoms with E-state index in [1.165, 1.54) is 0 Å². The van der Waals surface area contributed by atoms with Crippen molar-refractivity contribution < 1.29 is 14.6 Å². The molecule has 0 radical (unpaired) electrons. The summed E-state index contributed by atoms with van der Waals surface area (Å²) >= 11 is 0. The van der Waals surface area contributed by atoms with Crippen LogP contribution in [-0.4, -0.2) is 41.4 Å². The zero-order chi connectivity index (χ0) is 15.6. The molecule has 1 aliphatic rings. The van der Waals surface area contributed by atoms with E-state index in [9.17, 15) is 9.90 Å². The molecule has 1 fully saturated rings. The molecular formula is C17H20N2O3. The largest absolute Gasteiger partial charge is 0.394 e. The first-order valence-corrected chi connectivity index (χ1v) is 7.51. The number of aliphatic hydroxyl groups is 1. The fourth-order valence-corrected chi connectivity index (χ4v) is 2.89. The van der Waals surface area contributed by atoms with Gasteiger partial charge in [-0.25, -0.2) is 0 Å². The number of benzene rings is 1. The molecular weight excluding hydrogens is 280 g/mol. The summed E-state index contributed by atoms with van der Waals surface area (Å²) < 4.78 is 5.33. The van der Waals surface area contributed by atoms with E-state index >= 15 is 0 Å². The normalized spacial score (nSPS) is 17.4. The number of fused-ring (bicyclic) bond motifs is 1. The van der Waals surface area contributed by atoms with Crippen molar-refractivity contribution >= 4 is 16.8 Å². The van der Waals surface area contributed by atoms with Crippen molar-refractivity contribution in [2.45, 2.75) is 25.3 Å². The summed E-state index contributed by atoms with van der Waals surface area (Å²) in [5.41, 5.74) is 1.61. The third-order valence-corrected chi connectivity index (χ3v) is 4.22. The third-order valence-electron chi connectivity index (χ3n) is 4.22. The number of aryl methyl sites for hydroxylation is 1. The molecule has 2 heterocycles. The Kier molecular flexibility index (Phi) is 4.09. The zero-order valence-corrected chi connectivity index (χ0v) is 12.6. The molecule has 0 saturated carbocycles. The second kappa shape index (κ2) is 6.02. The summed E-state index contributed by atoms with van der Waals surface area (Å²) in [7, 11) is 0. The lowest BCUT2D eigenvalue weighted by atomic mass is 9.90. The molecule has 5 heteroatoms. The van der Waals surface area contributed by atoms with Gasteiger partial charge >= 0.3 is 0 Å². The van der Waals surface area contributed by atoms with Crippen LogP contribution < -0.4 is 5.32 Å². The SMILES string of the molecule is Cc1cc(C(=O)NC2(CO)CCOCC2)c2ccccc2n1. The molecule has 1 amide bonds. The molecule has 22 heavy (non-hydrogen) atoms. The highest BCUT2D eigenvalue weighted by Gasteiger charge is 2.34. The summed E-state index contributed by atoms with van der Waals surface area (Å²) in [6.07, 6.45) is 1.24. The first-order valence-electron chi connectivity index (χ1n) is 7.51. The fraction of sp³-hybridized carbons (Fsp3) is 0.412. The quantitative estimate of drug-likeness (QED) is 0.907. The first kappa shape index (κ1) is 14.9. The maximum atomic E-state index is 12.8. The first-order chi connectivity index (χ1) is 10.6. The van der Waals surface area contributed by atoms with Crippen LogP contribution in [0.15, 0.2) is 30.3 Å². The summed E-state index contributed by atoms with van der Waals surface area (Å²) in [6, 6.07) is 9.39. The van der Waals surface area contributed by atoms with Crippen LogP contribution in [0.2, 0.25) is 0 Å². The summed E-state index contributed by atoms with van der Waals surface area (Å²) in [6.45, 7) is 2.90. The Morgan fingerprint density at radius 2 is 2.09 bits per heavy atom. The van der Waals surface area contributed by atoms with E-state index in [1.807, 2.05) is 31.2 Å². The molecule has 0 unspecified atom stereocenters. The molecule has 0 atom stereocenters. The van der Waals surface area contributed by atoms with E-state index < -0.39 is 5.54 Å². The second-order valence-electron chi connectivity index (χ2n) is 5.83. The van der Waals surface area contributed by atoms with Gasteiger partial charge in [0.25, 0.3) is 5.91 Å². The fourth-order valence-electron chi connectivity index (χ4n) is 2.89. The van der Waals surface area contributed by atoms with Crippen molar-refractivity contribution in [1.29, 1.82) is 0 Å². The number of pyridine rings is 1. The van der Waals surface area contributed by atoms with Gasteiger partial charge in [-0.1, -0.05) is 18.2 Å². The van der Waals surface area contributed by atoms with Gasteiger partial charge in [0.2, 0.25) is 0 Å². The van der Waals surface area contributed by atoms with Gasteiger partial charge < -0.3 is 15.2 Å². The molecule has 0 aliphatic carbocycles. The number of nitrogens with zero attached hydrogens (tertiary/aromatic N) is 1. The monoisotopic (exact) mass is 300 g/mol. The van der Waals surface area contributed by atoms with E-state index in [0.717, 1.165) is 16.6 Å². The Bertz CT molecular complexity index is 693. The summed E-state index contributed by atoms with van der Waals surface area (Å²) in [5.74, 6) is -0.169. The number of carbonyl (C=O) groups excluding carboxylic acids is 1. The van der Waals surface area contributed by atoms with Crippen LogP contribution in [0.25, 0.3) is 10.9 Å². The van der Waals surface area contributed by atoms with Crippen molar-refractivity contribution in [1.82, 2.24) is 10.3 Å². The minimum absolute atomic E-state index is 0.0793. The molecule has 1 saturated heterocycles. The Hall–Kier alpha value is -1.98. The molecule has 0 bridgehead atoms. The molecule has 1 aromatic carbocycles. The van der Waals surface area contributed by atoms with Crippen molar-refractivity contribution in [3.8, 4) is 0 Å². The average Bonchev–Trinajstić information content (AvgIpc) is 2.54. The van der Waals surface area contributed by atoms with Gasteiger partial charge in [-0.2, -0.15) is 0 Å². The maximum absolute atomic E-state index is 12.8. The van der Waals surface area contributed by atoms with Crippen LogP contribution in [0, 0.1) is 6.92 Å². The highest BCUT2D eigenvalue weighted by atomic mass is 16.5. The Morgan fingerprint density at radius 3 is 2.82 bits per heavy atom. The number of hydrogen-bond acceptors (Lipinski definition) is 4. The molecule has 3 rings (SSSR count). The van der Waals surface area contributed by atoms with E-state index in [1.54, 1.807) is 6.07 Å². The maximum Gasteiger partial charge on any atom is 0.252 e. The number of ether oxygens (including phenoxy) is 1. The molecule has 116 valence electrons. The van der Waals surface area contributed by atoms with Crippen LogP contribution in [0.3, 0.4) is 0 Å². The molecule has 5 nitrogen and oxygen atoms in total. The van der Waals surface area contributed by atoms with Gasteiger partial charge in [-0.3, -0.25) is 9.78 Å². The van der Waals surface area contributed by atoms with E-state index in [2.05, 4.69) is 10.3 Å². The van der Waals surface area contributed by atoms with E-state index in [-0.39, 0.29) is 12.5 Å². The number of nitrogens with one attached hydrogen (secondary N) is 1. The number of carbonyl (C=O) groups is 1. The predicted octanol–water partition coefficient (Wildman–Crippen LogP) is 1.81. The highest BCUT2D eigenvalue weighted by molar-refractivity contribution is 6.06. The Morgan fingerprint density at radius 1 is 1.36 bits per heavy atom. The predicted molar refractivity (Wildman–Crippen MR) is 83.8 cm³/mol. The molecule has 1 aromatic heterocycles. The minimum Gasteiger partial charge on any atom is -0.394 e. The van der Waals surface area contributed by atoms with Crippen molar-refractivity contribution in [3.63, 3.8) is 0 Å². The smallest absolute Gasteiger partial charge is 0.252 e. The van der Waals surface area contributed by atoms with Crippen LogP contribution in [-0.2, 0) is 4.74 Å². The summed E-state index contributed by atoms with van der Waals surface area (Å²) in [4.78, 5) is 17.2. The van der Waals surface area contributed by atoms with E-state index in [0.29, 0.717) is 31.6 Å². The summed E-state index contributed by atoms with van der Waals surface area (Å²) in [5, 5.41) is 13.6. The van der Waals surface area contributed by atoms with Crippen LogP contribution >= 0.6 is 0 Å². The Labute approximate surface area is 129 Å². The third kappa shape index (κ3) is 2.82. The van der Waals surface area contributed by atoms with Gasteiger partial charge in [0.1, 0.15) is 0 Å². The Balaban J connectivity index is 1.95. The highest BCUT2D eigenvalue weighted by Crippen LogP contribution is 2.23. The molecule has 2 N–H and O–H groups in total. The zero-order valence-electron chi connectivity index (χ0n) is 12.6. The number of para-hydroxylation sites is 1. The molecule has 0 spiro atoms. The van der Waals surface area contributed by atoms with Gasteiger partial charge in [0.15, 0.2) is 0 Å². The minimum atomic E-state index is -0.590. The van der Waals surface area contributed by atoms with Crippen molar-refractivity contribution in [2.75, 3.05) is 19.8 Å². The van der Waals surface area contributed by atoms with E-state index in [4.69, 9.17) is 4.74 Å². The lowest BCUT2D eigenvalue weighted by molar-refractivity contribution is 0.0126. The van der Waals surface area contributed by atoms with Crippen molar-refractivity contribution in [2.24, 2.45) is 0 Å². The lowest BCUT2D eigenvalue weighted by Crippen LogP contribution is -2.54. The van der Waals surface area contributed by atoms with Gasteiger partial charge in [-0.15, -0.1) is 0 Å². The van der Waals surface area contributed by atoms with Crippen molar-refractivity contribution in [3.05, 3.63) is 41.6 Å². The lowest BCUT2D eigenvalue weighted by Gasteiger charge is -2.36. The van der Waals surface area contributed by atoms with Crippen LogP contribution in [0.1, 0.15) is 28.9 Å². The second-order valence-corrected chi connectivity index (χ2v) is 5.83. The molecule has 1 aliphatic heterocycles. The number of aromatic nitrogens is 1. The molecule has 2 aromatic rings. The number of aliphatic hydroxyl groups excluding tert-OH is 1. The number of hydrogen-bond donors (Lipinski definition) is 2. The average molecular weight is 300 g/mol. The van der Waals surface area contributed by atoms with Gasteiger partial charge in [0, 0.05) is 24.3 Å². The van der Waals surface area contributed by atoms with Gasteiger partial charge in [0.05, 0.1) is 23.2 Å². The number of amides is 1. The van der Waals surface area contributed by atoms with Gasteiger partial charge in [-0.05, 0) is 31.9 Å².